The first-order chi connectivity index (χ1) is 20.7. The Labute approximate surface area is 236 Å². The molecule has 6 aromatic heterocycles. The fourth-order valence-corrected chi connectivity index (χ4v) is 6.88. The van der Waals surface area contributed by atoms with Crippen LogP contribution in [-0.4, -0.2) is 8.80 Å². The Balaban J connectivity index is 1.49. The van der Waals surface area contributed by atoms with Crippen LogP contribution >= 0.6 is 0 Å². The second kappa shape index (κ2) is 7.33. The molecule has 0 spiro atoms. The minimum absolute atomic E-state index is 0.0409. The SMILES string of the molecule is O=c1cc2c3cc4c(cc3c3cc(=O)c5cc(C(F)(F)F)cc1c5n23)c1cc(=O)c2cc(C(F)(F)F)cc3c(=O)cc4n1c32. The maximum absolute atomic E-state index is 13.6. The van der Waals surface area contributed by atoms with Gasteiger partial charge in [0.1, 0.15) is 0 Å². The third-order valence-corrected chi connectivity index (χ3v) is 8.68. The zero-order chi connectivity index (χ0) is 30.8. The number of benzene rings is 3. The van der Waals surface area contributed by atoms with Crippen molar-refractivity contribution in [3.8, 4) is 0 Å². The average molecular weight is 600 g/mol. The summed E-state index contributed by atoms with van der Waals surface area (Å²) >= 11 is 0. The fraction of sp³-hybridized carbons (Fsp3) is 0.0625. The van der Waals surface area contributed by atoms with E-state index in [1.165, 1.54) is 24.3 Å². The monoisotopic (exact) mass is 600 g/mol. The maximum Gasteiger partial charge on any atom is 0.416 e. The number of hydrogen-bond acceptors (Lipinski definition) is 4. The minimum Gasteiger partial charge on any atom is -0.307 e. The van der Waals surface area contributed by atoms with Gasteiger partial charge in [0.15, 0.2) is 21.7 Å². The van der Waals surface area contributed by atoms with E-state index in [1.54, 1.807) is 20.9 Å². The summed E-state index contributed by atoms with van der Waals surface area (Å²) in [4.78, 5) is 52.8. The van der Waals surface area contributed by atoms with Crippen molar-refractivity contribution in [2.24, 2.45) is 0 Å². The van der Waals surface area contributed by atoms with Crippen LogP contribution in [0.3, 0.4) is 0 Å². The normalized spacial score (nSPS) is 13.6. The van der Waals surface area contributed by atoms with E-state index in [0.29, 0.717) is 43.6 Å². The van der Waals surface area contributed by atoms with Gasteiger partial charge in [-0.1, -0.05) is 0 Å². The van der Waals surface area contributed by atoms with Crippen molar-refractivity contribution < 1.29 is 26.3 Å². The molecule has 0 unspecified atom stereocenters. The van der Waals surface area contributed by atoms with E-state index in [2.05, 4.69) is 0 Å². The number of aromatic nitrogens is 2. The number of hydrogen-bond donors (Lipinski definition) is 0. The highest BCUT2D eigenvalue weighted by Crippen LogP contribution is 2.41. The molecular formula is C32H10F6N2O4. The average Bonchev–Trinajstić information content (AvgIpc) is 3.42. The first-order valence-corrected chi connectivity index (χ1v) is 13.1. The molecule has 0 amide bonds. The van der Waals surface area contributed by atoms with Crippen LogP contribution in [0, 0.1) is 0 Å². The van der Waals surface area contributed by atoms with Crippen molar-refractivity contribution in [2.75, 3.05) is 0 Å². The molecule has 6 heterocycles. The van der Waals surface area contributed by atoms with E-state index < -0.39 is 45.2 Å². The van der Waals surface area contributed by atoms with Crippen LogP contribution in [0.25, 0.3) is 76.2 Å². The van der Waals surface area contributed by atoms with Gasteiger partial charge >= 0.3 is 12.4 Å². The lowest BCUT2D eigenvalue weighted by molar-refractivity contribution is -0.138. The summed E-state index contributed by atoms with van der Waals surface area (Å²) in [6.07, 6.45) is -9.58. The highest BCUT2D eigenvalue weighted by Gasteiger charge is 2.34. The molecule has 12 heteroatoms. The van der Waals surface area contributed by atoms with Gasteiger partial charge in [0.05, 0.1) is 44.2 Å². The number of fused-ring (bicyclic) bond motifs is 6. The Kier molecular flexibility index (Phi) is 4.17. The van der Waals surface area contributed by atoms with E-state index in [1.807, 2.05) is 0 Å². The molecule has 9 aromatic rings. The van der Waals surface area contributed by atoms with Gasteiger partial charge in [0.25, 0.3) is 0 Å². The molecule has 0 radical (unpaired) electrons. The molecular weight excluding hydrogens is 590 g/mol. The van der Waals surface area contributed by atoms with Crippen LogP contribution in [-0.2, 0) is 12.4 Å². The number of alkyl halides is 6. The quantitative estimate of drug-likeness (QED) is 0.191. The number of pyridine rings is 4. The van der Waals surface area contributed by atoms with E-state index >= 15 is 0 Å². The van der Waals surface area contributed by atoms with Crippen molar-refractivity contribution in [3.05, 3.63) is 113 Å². The van der Waals surface area contributed by atoms with E-state index in [4.69, 9.17) is 0 Å². The van der Waals surface area contributed by atoms with Gasteiger partial charge in [-0.05, 0) is 36.4 Å². The van der Waals surface area contributed by atoms with E-state index in [0.717, 1.165) is 24.3 Å². The van der Waals surface area contributed by atoms with Crippen LogP contribution in [0.15, 0.2) is 79.8 Å². The Hall–Kier alpha value is -5.52. The number of nitrogens with zero attached hydrogens (tertiary/aromatic N) is 2. The van der Waals surface area contributed by atoms with Gasteiger partial charge < -0.3 is 8.80 Å². The summed E-state index contributed by atoms with van der Waals surface area (Å²) in [7, 11) is 0. The first kappa shape index (κ1) is 25.0. The zero-order valence-corrected chi connectivity index (χ0v) is 21.6. The predicted molar refractivity (Wildman–Crippen MR) is 153 cm³/mol. The standard InChI is InChI=1S/C32H10F6N2O4/c33-31(34,35)11-1-17-25(41)7-21-13-5-15-16(6-14(13)22-8-26(42)18(2-11)29(17)39(21)22)24-10-28(44)20-4-12(32(36,37)38)3-19-27(43)9-23(15)40(24)30(19)20/h1-10H. The van der Waals surface area contributed by atoms with Crippen LogP contribution in [0.4, 0.5) is 26.3 Å². The summed E-state index contributed by atoms with van der Waals surface area (Å²) in [5, 5.41) is 0.725. The van der Waals surface area contributed by atoms with Crippen molar-refractivity contribution in [2.45, 2.75) is 12.4 Å². The highest BCUT2D eigenvalue weighted by atomic mass is 19.4. The first-order valence-electron chi connectivity index (χ1n) is 13.1. The van der Waals surface area contributed by atoms with E-state index in [-0.39, 0.29) is 32.6 Å². The summed E-state index contributed by atoms with van der Waals surface area (Å²) < 4.78 is 84.8. The fourth-order valence-electron chi connectivity index (χ4n) is 6.88. The van der Waals surface area contributed by atoms with Gasteiger partial charge in [-0.3, -0.25) is 19.2 Å². The van der Waals surface area contributed by atoms with Crippen molar-refractivity contribution in [1.82, 2.24) is 8.80 Å². The summed E-state index contributed by atoms with van der Waals surface area (Å²) in [6, 6.07) is 10.9. The van der Waals surface area contributed by atoms with Crippen LogP contribution in [0.2, 0.25) is 0 Å². The molecule has 0 aliphatic rings. The molecule has 0 fully saturated rings. The Morgan fingerprint density at radius 2 is 0.614 bits per heavy atom. The minimum atomic E-state index is -4.79. The molecule has 0 saturated heterocycles. The summed E-state index contributed by atoms with van der Waals surface area (Å²) in [5.74, 6) is 0. The third kappa shape index (κ3) is 2.87. The van der Waals surface area contributed by atoms with Crippen LogP contribution in [0.1, 0.15) is 11.1 Å². The van der Waals surface area contributed by atoms with Crippen LogP contribution < -0.4 is 21.7 Å². The summed E-state index contributed by atoms with van der Waals surface area (Å²) in [5.41, 5.74) is -3.81. The lowest BCUT2D eigenvalue weighted by atomic mass is 10.0. The molecule has 0 N–H and O–H groups in total. The number of halogens is 6. The van der Waals surface area contributed by atoms with Gasteiger partial charge in [-0.2, -0.15) is 26.3 Å². The predicted octanol–water partition coefficient (Wildman–Crippen LogP) is 6.34. The van der Waals surface area contributed by atoms with Gasteiger partial charge in [-0.15, -0.1) is 0 Å². The van der Waals surface area contributed by atoms with Crippen molar-refractivity contribution in [1.29, 1.82) is 0 Å². The molecule has 0 atom stereocenters. The topological polar surface area (TPSA) is 77.1 Å². The lowest BCUT2D eigenvalue weighted by Gasteiger charge is -2.12. The molecule has 44 heavy (non-hydrogen) atoms. The Morgan fingerprint density at radius 1 is 0.364 bits per heavy atom. The molecule has 0 saturated carbocycles. The second-order valence-corrected chi connectivity index (χ2v) is 11.0. The third-order valence-electron chi connectivity index (χ3n) is 8.68. The summed E-state index contributed by atoms with van der Waals surface area (Å²) in [6.45, 7) is 0. The highest BCUT2D eigenvalue weighted by molar-refractivity contribution is 6.23. The van der Waals surface area contributed by atoms with Crippen molar-refractivity contribution >= 4 is 76.2 Å². The molecule has 0 aliphatic carbocycles. The van der Waals surface area contributed by atoms with Gasteiger partial charge in [0.2, 0.25) is 0 Å². The molecule has 0 aliphatic heterocycles. The maximum atomic E-state index is 13.6. The molecule has 214 valence electrons. The molecule has 6 nitrogen and oxygen atoms in total. The zero-order valence-electron chi connectivity index (χ0n) is 21.6. The largest absolute Gasteiger partial charge is 0.416 e. The second-order valence-electron chi connectivity index (χ2n) is 11.0. The smallest absolute Gasteiger partial charge is 0.307 e. The molecule has 3 aromatic carbocycles. The molecule has 9 rings (SSSR count). The van der Waals surface area contributed by atoms with Crippen LogP contribution in [0.5, 0.6) is 0 Å². The lowest BCUT2D eigenvalue weighted by Crippen LogP contribution is -2.14. The Morgan fingerprint density at radius 3 is 0.841 bits per heavy atom. The number of rotatable bonds is 0. The van der Waals surface area contributed by atoms with Gasteiger partial charge in [-0.25, -0.2) is 0 Å². The van der Waals surface area contributed by atoms with Crippen molar-refractivity contribution in [3.63, 3.8) is 0 Å². The Bertz CT molecular complexity index is 2620. The van der Waals surface area contributed by atoms with Gasteiger partial charge in [0, 0.05) is 67.4 Å². The molecule has 0 bridgehead atoms. The van der Waals surface area contributed by atoms with E-state index in [9.17, 15) is 45.5 Å².